The number of hydrogen-bond donors (Lipinski definition) is 1. The number of benzene rings is 1. The van der Waals surface area contributed by atoms with E-state index in [0.717, 1.165) is 12.4 Å². The number of rotatable bonds is 5. The lowest BCUT2D eigenvalue weighted by molar-refractivity contribution is -0.153. The molecule has 1 N–H and O–H groups in total. The van der Waals surface area contributed by atoms with E-state index in [9.17, 15) is 26.0 Å². The summed E-state index contributed by atoms with van der Waals surface area (Å²) in [5.41, 5.74) is 0.330. The summed E-state index contributed by atoms with van der Waals surface area (Å²) >= 11 is 0. The molecule has 3 rings (SSSR count). The Hall–Kier alpha value is -2.79. The minimum Gasteiger partial charge on any atom is -0.260 e. The second-order valence-corrected chi connectivity index (χ2v) is 7.98. The first-order chi connectivity index (χ1) is 13.5. The predicted molar refractivity (Wildman–Crippen MR) is 96.4 cm³/mol. The zero-order valence-electron chi connectivity index (χ0n) is 15.3. The molecule has 2 heterocycles. The molecule has 0 aliphatic rings. The smallest absolute Gasteiger partial charge is 0.260 e. The molecule has 0 bridgehead atoms. The summed E-state index contributed by atoms with van der Waals surface area (Å²) < 4.78 is 82.7. The van der Waals surface area contributed by atoms with Crippen molar-refractivity contribution in [1.29, 1.82) is 0 Å². The van der Waals surface area contributed by atoms with Crippen LogP contribution in [0.3, 0.4) is 0 Å². The highest BCUT2D eigenvalue weighted by Crippen LogP contribution is 2.37. The van der Waals surface area contributed by atoms with Gasteiger partial charge < -0.3 is 0 Å². The Bertz CT molecular complexity index is 1130. The molecule has 0 unspecified atom stereocenters. The van der Waals surface area contributed by atoms with E-state index < -0.39 is 33.0 Å². The normalized spacial score (nSPS) is 13.4. The summed E-state index contributed by atoms with van der Waals surface area (Å²) in [7, 11) is -4.71. The average molecular weight is 428 g/mol. The predicted octanol–water partition coefficient (Wildman–Crippen LogP) is 3.61. The Morgan fingerprint density at radius 1 is 1.10 bits per heavy atom. The van der Waals surface area contributed by atoms with Crippen LogP contribution in [0, 0.1) is 19.7 Å². The van der Waals surface area contributed by atoms with Crippen LogP contribution in [0.15, 0.2) is 53.7 Å². The quantitative estimate of drug-likeness (QED) is 0.630. The molecule has 0 aliphatic heterocycles. The van der Waals surface area contributed by atoms with Crippen molar-refractivity contribution in [3.8, 4) is 5.69 Å². The molecule has 0 saturated carbocycles. The van der Waals surface area contributed by atoms with E-state index in [1.807, 2.05) is 0 Å². The topological polar surface area (TPSA) is 76.9 Å². The van der Waals surface area contributed by atoms with Gasteiger partial charge in [0.05, 0.1) is 17.6 Å². The average Bonchev–Trinajstić information content (AvgIpc) is 2.94. The fraction of sp³-hybridized carbons (Fsp3) is 0.222. The molecule has 2 aromatic heterocycles. The maximum absolute atomic E-state index is 13.8. The molecule has 3 aromatic rings. The summed E-state index contributed by atoms with van der Waals surface area (Å²) in [5.74, 6) is -0.985. The van der Waals surface area contributed by atoms with Crippen molar-refractivity contribution < 1.29 is 26.0 Å². The number of alkyl halides is 3. The van der Waals surface area contributed by atoms with Crippen LogP contribution in [0.1, 0.15) is 23.0 Å². The Labute approximate surface area is 164 Å². The molecule has 154 valence electrons. The molecule has 29 heavy (non-hydrogen) atoms. The van der Waals surface area contributed by atoms with Crippen molar-refractivity contribution in [3.05, 3.63) is 71.6 Å². The number of nitrogens with zero attached hydrogens (tertiary/aromatic N) is 3. The number of hydrogen-bond acceptors (Lipinski definition) is 4. The highest BCUT2D eigenvalue weighted by Gasteiger charge is 2.46. The highest BCUT2D eigenvalue weighted by atomic mass is 32.2. The molecular formula is C18H16F4N4O2S. The van der Waals surface area contributed by atoms with Crippen LogP contribution < -0.4 is 4.72 Å². The molecule has 0 spiro atoms. The van der Waals surface area contributed by atoms with E-state index in [4.69, 9.17) is 0 Å². The van der Waals surface area contributed by atoms with Gasteiger partial charge in [0.15, 0.2) is 0 Å². The van der Waals surface area contributed by atoms with E-state index in [1.54, 1.807) is 35.1 Å². The first-order valence-electron chi connectivity index (χ1n) is 8.32. The molecule has 6 nitrogen and oxygen atoms in total. The zero-order valence-corrected chi connectivity index (χ0v) is 16.1. The summed E-state index contributed by atoms with van der Waals surface area (Å²) in [6, 6.07) is 6.49. The fourth-order valence-electron chi connectivity index (χ4n) is 2.95. The van der Waals surface area contributed by atoms with E-state index >= 15 is 0 Å². The van der Waals surface area contributed by atoms with Gasteiger partial charge in [-0.15, -0.1) is 0 Å². The second-order valence-electron chi connectivity index (χ2n) is 6.27. The maximum Gasteiger partial charge on any atom is 0.409 e. The van der Waals surface area contributed by atoms with Crippen molar-refractivity contribution in [1.82, 2.24) is 19.5 Å². The molecule has 0 aliphatic carbocycles. The number of nitrogens with one attached hydrogen (secondary N) is 1. The first kappa shape index (κ1) is 20.9. The van der Waals surface area contributed by atoms with Crippen LogP contribution in [0.2, 0.25) is 0 Å². The van der Waals surface area contributed by atoms with Gasteiger partial charge in [-0.3, -0.25) is 4.98 Å². The van der Waals surface area contributed by atoms with Crippen LogP contribution in [-0.2, 0) is 10.0 Å². The fourth-order valence-corrected chi connectivity index (χ4v) is 4.11. The standard InChI is InChI=1S/C18H16F4N4O2S/c1-11-16(12(2)26(24-11)14-6-4-3-5-7-14)17(18(20,21)22)25-29(27,28)15-8-13(19)9-23-10-15/h3-10,17,25H,1-2H3/t17-/m0/s1. The van der Waals surface area contributed by atoms with Gasteiger partial charge >= 0.3 is 6.18 Å². The monoisotopic (exact) mass is 428 g/mol. The van der Waals surface area contributed by atoms with Crippen molar-refractivity contribution in [2.24, 2.45) is 0 Å². The van der Waals surface area contributed by atoms with Gasteiger partial charge in [0.2, 0.25) is 10.0 Å². The minimum atomic E-state index is -4.96. The molecular weight excluding hydrogens is 412 g/mol. The van der Waals surface area contributed by atoms with Crippen LogP contribution in [0.5, 0.6) is 0 Å². The number of aryl methyl sites for hydroxylation is 1. The number of sulfonamides is 1. The molecule has 0 amide bonds. The van der Waals surface area contributed by atoms with Gasteiger partial charge in [-0.25, -0.2) is 17.5 Å². The number of para-hydroxylation sites is 1. The highest BCUT2D eigenvalue weighted by molar-refractivity contribution is 7.89. The third kappa shape index (κ3) is 4.30. The maximum atomic E-state index is 13.8. The van der Waals surface area contributed by atoms with Crippen LogP contribution in [0.4, 0.5) is 17.6 Å². The van der Waals surface area contributed by atoms with E-state index in [0.29, 0.717) is 11.8 Å². The molecule has 0 saturated heterocycles. The zero-order chi connectivity index (χ0) is 21.4. The van der Waals surface area contributed by atoms with Gasteiger partial charge in [-0.2, -0.15) is 23.0 Å². The van der Waals surface area contributed by atoms with Gasteiger partial charge in [0.25, 0.3) is 0 Å². The Kier molecular flexibility index (Phi) is 5.46. The number of aromatic nitrogens is 3. The van der Waals surface area contributed by atoms with E-state index in [1.165, 1.54) is 18.5 Å². The minimum absolute atomic E-state index is 0.00810. The second kappa shape index (κ2) is 7.56. The Morgan fingerprint density at radius 3 is 2.34 bits per heavy atom. The van der Waals surface area contributed by atoms with Gasteiger partial charge in [-0.05, 0) is 32.0 Å². The third-order valence-electron chi connectivity index (χ3n) is 4.23. The van der Waals surface area contributed by atoms with Gasteiger partial charge in [0.1, 0.15) is 16.8 Å². The Morgan fingerprint density at radius 2 is 1.76 bits per heavy atom. The van der Waals surface area contributed by atoms with Crippen molar-refractivity contribution >= 4 is 10.0 Å². The van der Waals surface area contributed by atoms with Gasteiger partial charge in [0, 0.05) is 17.5 Å². The lowest BCUT2D eigenvalue weighted by Gasteiger charge is -2.22. The van der Waals surface area contributed by atoms with Crippen molar-refractivity contribution in [3.63, 3.8) is 0 Å². The summed E-state index contributed by atoms with van der Waals surface area (Å²) in [6.45, 7) is 2.78. The molecule has 1 atom stereocenters. The van der Waals surface area contributed by atoms with Crippen LogP contribution in [0.25, 0.3) is 5.69 Å². The summed E-state index contributed by atoms with van der Waals surface area (Å²) in [5, 5.41) is 4.14. The Balaban J connectivity index is 2.09. The number of pyridine rings is 1. The molecule has 1 aromatic carbocycles. The first-order valence-corrected chi connectivity index (χ1v) is 9.80. The summed E-state index contributed by atoms with van der Waals surface area (Å²) in [6.07, 6.45) is -3.45. The van der Waals surface area contributed by atoms with Crippen molar-refractivity contribution in [2.75, 3.05) is 0 Å². The molecule has 0 fully saturated rings. The lowest BCUT2D eigenvalue weighted by atomic mass is 10.1. The largest absolute Gasteiger partial charge is 0.409 e. The van der Waals surface area contributed by atoms with Crippen LogP contribution >= 0.6 is 0 Å². The summed E-state index contributed by atoms with van der Waals surface area (Å²) in [4.78, 5) is 2.67. The van der Waals surface area contributed by atoms with Crippen LogP contribution in [-0.4, -0.2) is 29.4 Å². The lowest BCUT2D eigenvalue weighted by Crippen LogP contribution is -2.38. The molecule has 11 heteroatoms. The van der Waals surface area contributed by atoms with Gasteiger partial charge in [-0.1, -0.05) is 18.2 Å². The van der Waals surface area contributed by atoms with Crippen molar-refractivity contribution in [2.45, 2.75) is 31.0 Å². The molecule has 0 radical (unpaired) electrons. The SMILES string of the molecule is Cc1nn(-c2ccccc2)c(C)c1[C@H](NS(=O)(=O)c1cncc(F)c1)C(F)(F)F. The number of halogens is 4. The van der Waals surface area contributed by atoms with E-state index in [2.05, 4.69) is 10.1 Å². The third-order valence-corrected chi connectivity index (χ3v) is 5.62. The van der Waals surface area contributed by atoms with E-state index in [-0.39, 0.29) is 17.0 Å².